The van der Waals surface area contributed by atoms with Crippen LogP contribution in [0.15, 0.2) is 35.7 Å². The van der Waals surface area contributed by atoms with Crippen molar-refractivity contribution in [1.82, 2.24) is 0 Å². The Balaban J connectivity index is 2.13. The molecule has 1 nitrogen and oxygen atoms in total. The quantitative estimate of drug-likeness (QED) is 0.778. The van der Waals surface area contributed by atoms with Gasteiger partial charge in [-0.25, -0.2) is 0 Å². The number of benzene rings is 1. The molecule has 1 heterocycles. The molecule has 1 aromatic rings. The summed E-state index contributed by atoms with van der Waals surface area (Å²) in [7, 11) is 0. The van der Waals surface area contributed by atoms with E-state index in [1.807, 2.05) is 11.8 Å². The molecule has 1 aromatic carbocycles. The summed E-state index contributed by atoms with van der Waals surface area (Å²) in [5.74, 6) is 0. The van der Waals surface area contributed by atoms with Crippen LogP contribution in [0.5, 0.6) is 0 Å². The molecule has 13 heavy (non-hydrogen) atoms. The van der Waals surface area contributed by atoms with E-state index in [9.17, 15) is 0 Å². The van der Waals surface area contributed by atoms with Crippen molar-refractivity contribution < 1.29 is 0 Å². The normalized spacial score (nSPS) is 20.8. The highest BCUT2D eigenvalue weighted by atomic mass is 32.2. The van der Waals surface area contributed by atoms with Crippen LogP contribution in [0.4, 0.5) is 0 Å². The minimum absolute atomic E-state index is 0.631. The Morgan fingerprint density at radius 1 is 1.31 bits per heavy atom. The molecule has 1 aliphatic rings. The fraction of sp³-hybridized carbons (Fsp3) is 0.273. The van der Waals surface area contributed by atoms with Crippen molar-refractivity contribution in [1.29, 1.82) is 0 Å². The first kappa shape index (κ1) is 8.85. The Morgan fingerprint density at radius 2 is 2.08 bits per heavy atom. The average Bonchev–Trinajstić information content (AvgIpc) is 2.71. The maximum Gasteiger partial charge on any atom is 0.0373 e. The molecular formula is C11H13NS. The summed E-state index contributed by atoms with van der Waals surface area (Å²) >= 11 is 1.90. The lowest BCUT2D eigenvalue weighted by molar-refractivity contribution is 0.982. The minimum Gasteiger partial charge on any atom is -0.326 e. The molecule has 0 saturated heterocycles. The Hall–Kier alpha value is -0.730. The van der Waals surface area contributed by atoms with E-state index in [0.29, 0.717) is 11.8 Å². The van der Waals surface area contributed by atoms with Crippen LogP contribution in [0.3, 0.4) is 0 Å². The zero-order chi connectivity index (χ0) is 9.10. The van der Waals surface area contributed by atoms with Crippen molar-refractivity contribution in [2.75, 3.05) is 0 Å². The highest BCUT2D eigenvalue weighted by Crippen LogP contribution is 2.38. The molecule has 0 radical (unpaired) electrons. The fourth-order valence-electron chi connectivity index (χ4n) is 1.47. The Morgan fingerprint density at radius 3 is 2.62 bits per heavy atom. The van der Waals surface area contributed by atoms with E-state index in [1.54, 1.807) is 0 Å². The number of rotatable bonds is 2. The minimum atomic E-state index is 0.631. The van der Waals surface area contributed by atoms with Crippen molar-refractivity contribution in [2.24, 2.45) is 5.73 Å². The van der Waals surface area contributed by atoms with E-state index in [2.05, 4.69) is 35.7 Å². The number of nitrogens with two attached hydrogens (primary N) is 1. The predicted octanol–water partition coefficient (Wildman–Crippen LogP) is 2.84. The molecule has 2 N–H and O–H groups in total. The van der Waals surface area contributed by atoms with Gasteiger partial charge in [0, 0.05) is 11.8 Å². The van der Waals surface area contributed by atoms with Gasteiger partial charge in [-0.1, -0.05) is 30.3 Å². The SMILES string of the molecule is NCc1ccc(C2CC=CS2)cc1. The summed E-state index contributed by atoms with van der Waals surface area (Å²) in [5.41, 5.74) is 8.15. The molecule has 0 aromatic heterocycles. The topological polar surface area (TPSA) is 26.0 Å². The van der Waals surface area contributed by atoms with Crippen LogP contribution in [-0.4, -0.2) is 0 Å². The maximum absolute atomic E-state index is 5.54. The third-order valence-electron chi connectivity index (χ3n) is 2.28. The van der Waals surface area contributed by atoms with Crippen LogP contribution in [0.2, 0.25) is 0 Å². The molecule has 2 rings (SSSR count). The van der Waals surface area contributed by atoms with Gasteiger partial charge < -0.3 is 5.73 Å². The van der Waals surface area contributed by atoms with Crippen LogP contribution in [-0.2, 0) is 6.54 Å². The number of thioether (sulfide) groups is 1. The molecule has 0 bridgehead atoms. The van der Waals surface area contributed by atoms with Crippen molar-refractivity contribution in [3.63, 3.8) is 0 Å². The van der Waals surface area contributed by atoms with Crippen molar-refractivity contribution in [3.05, 3.63) is 46.9 Å². The standard InChI is InChI=1S/C11H13NS/c12-8-9-3-5-10(6-4-9)11-2-1-7-13-11/h1,3-7,11H,2,8,12H2. The van der Waals surface area contributed by atoms with Gasteiger partial charge in [-0.3, -0.25) is 0 Å². The lowest BCUT2D eigenvalue weighted by Crippen LogP contribution is -1.96. The maximum atomic E-state index is 5.54. The van der Waals surface area contributed by atoms with Gasteiger partial charge in [0.2, 0.25) is 0 Å². The van der Waals surface area contributed by atoms with E-state index in [4.69, 9.17) is 5.73 Å². The van der Waals surface area contributed by atoms with Gasteiger partial charge in [0.05, 0.1) is 0 Å². The third kappa shape index (κ3) is 1.95. The number of hydrogen-bond acceptors (Lipinski definition) is 2. The van der Waals surface area contributed by atoms with Crippen LogP contribution in [0.25, 0.3) is 0 Å². The van der Waals surface area contributed by atoms with Crippen LogP contribution in [0.1, 0.15) is 22.8 Å². The zero-order valence-corrected chi connectivity index (χ0v) is 8.26. The molecule has 68 valence electrons. The lowest BCUT2D eigenvalue weighted by atomic mass is 10.1. The van der Waals surface area contributed by atoms with E-state index < -0.39 is 0 Å². The summed E-state index contributed by atoms with van der Waals surface area (Å²) in [6, 6.07) is 8.61. The van der Waals surface area contributed by atoms with Gasteiger partial charge in [-0.05, 0) is 23.0 Å². The third-order valence-corrected chi connectivity index (χ3v) is 3.42. The van der Waals surface area contributed by atoms with Gasteiger partial charge in [-0.2, -0.15) is 0 Å². The van der Waals surface area contributed by atoms with Gasteiger partial charge in [0.1, 0.15) is 0 Å². The number of hydrogen-bond donors (Lipinski definition) is 1. The van der Waals surface area contributed by atoms with Crippen LogP contribution in [0, 0.1) is 0 Å². The highest BCUT2D eigenvalue weighted by Gasteiger charge is 2.12. The lowest BCUT2D eigenvalue weighted by Gasteiger charge is -2.08. The summed E-state index contributed by atoms with van der Waals surface area (Å²) in [6.07, 6.45) is 3.39. The number of allylic oxidation sites excluding steroid dienone is 1. The first-order chi connectivity index (χ1) is 6.40. The van der Waals surface area contributed by atoms with E-state index >= 15 is 0 Å². The summed E-state index contributed by atoms with van der Waals surface area (Å²) < 4.78 is 0. The van der Waals surface area contributed by atoms with Gasteiger partial charge >= 0.3 is 0 Å². The first-order valence-electron chi connectivity index (χ1n) is 4.49. The van der Waals surface area contributed by atoms with E-state index in [-0.39, 0.29) is 0 Å². The second kappa shape index (κ2) is 3.99. The monoisotopic (exact) mass is 191 g/mol. The van der Waals surface area contributed by atoms with E-state index in [0.717, 1.165) is 6.42 Å². The average molecular weight is 191 g/mol. The highest BCUT2D eigenvalue weighted by molar-refractivity contribution is 8.02. The first-order valence-corrected chi connectivity index (χ1v) is 5.44. The van der Waals surface area contributed by atoms with Crippen molar-refractivity contribution in [2.45, 2.75) is 18.2 Å². The van der Waals surface area contributed by atoms with Gasteiger partial charge in [0.25, 0.3) is 0 Å². The Kier molecular flexibility index (Phi) is 2.71. The summed E-state index contributed by atoms with van der Waals surface area (Å²) in [6.45, 7) is 0.635. The van der Waals surface area contributed by atoms with Crippen LogP contribution < -0.4 is 5.73 Å². The summed E-state index contributed by atoms with van der Waals surface area (Å²) in [5, 5.41) is 2.81. The molecule has 0 spiro atoms. The van der Waals surface area contributed by atoms with Gasteiger partial charge in [-0.15, -0.1) is 11.8 Å². The Bertz CT molecular complexity index is 294. The second-order valence-corrected chi connectivity index (χ2v) is 4.29. The van der Waals surface area contributed by atoms with Crippen molar-refractivity contribution in [3.8, 4) is 0 Å². The molecular weight excluding hydrogens is 178 g/mol. The van der Waals surface area contributed by atoms with Crippen molar-refractivity contribution >= 4 is 11.8 Å². The molecule has 0 aliphatic carbocycles. The fourth-order valence-corrected chi connectivity index (χ4v) is 2.42. The smallest absolute Gasteiger partial charge is 0.0373 e. The van der Waals surface area contributed by atoms with Crippen LogP contribution >= 0.6 is 11.8 Å². The second-order valence-electron chi connectivity index (χ2n) is 3.18. The largest absolute Gasteiger partial charge is 0.326 e. The predicted molar refractivity (Wildman–Crippen MR) is 58.4 cm³/mol. The molecule has 1 atom stereocenters. The molecule has 0 amide bonds. The zero-order valence-electron chi connectivity index (χ0n) is 7.44. The molecule has 0 fully saturated rings. The van der Waals surface area contributed by atoms with E-state index in [1.165, 1.54) is 11.1 Å². The molecule has 0 saturated carbocycles. The molecule has 1 aliphatic heterocycles. The molecule has 1 unspecified atom stereocenters. The Labute approximate surface area is 83.0 Å². The molecule has 2 heteroatoms. The van der Waals surface area contributed by atoms with Gasteiger partial charge in [0.15, 0.2) is 0 Å². The summed E-state index contributed by atoms with van der Waals surface area (Å²) in [4.78, 5) is 0.